The number of hydrogen-bond donors (Lipinski definition) is 1. The number of ether oxygens (including phenoxy) is 5. The van der Waals surface area contributed by atoms with Gasteiger partial charge in [-0.05, 0) is 91.6 Å². The molecule has 5 rings (SSSR count). The van der Waals surface area contributed by atoms with Gasteiger partial charge in [-0.25, -0.2) is 9.59 Å². The van der Waals surface area contributed by atoms with Crippen LogP contribution in [-0.4, -0.2) is 119 Å². The number of carbonyl (C=O) groups is 3. The number of Topliss-reactive ketones (excluding diaryl/α,β-unsaturated/α-hetero) is 1. The number of aliphatic hydroxyl groups excluding tert-OH is 1. The third-order valence-electron chi connectivity index (χ3n) is 12.3. The Morgan fingerprint density at radius 1 is 1.09 bits per heavy atom. The van der Waals surface area contributed by atoms with Crippen molar-refractivity contribution in [2.45, 2.75) is 141 Å². The van der Waals surface area contributed by atoms with E-state index in [0.717, 1.165) is 16.5 Å². The highest BCUT2D eigenvalue weighted by Gasteiger charge is 2.60. The van der Waals surface area contributed by atoms with Gasteiger partial charge in [0, 0.05) is 54.6 Å². The van der Waals surface area contributed by atoms with Gasteiger partial charge in [0.2, 0.25) is 0 Å². The summed E-state index contributed by atoms with van der Waals surface area (Å²) in [5.41, 5.74) is -0.0613. The van der Waals surface area contributed by atoms with Crippen molar-refractivity contribution in [1.29, 1.82) is 0 Å². The normalized spacial score (nSPS) is 37.6. The molecule has 2 fully saturated rings. The van der Waals surface area contributed by atoms with Crippen LogP contribution in [0.1, 0.15) is 86.6 Å². The van der Waals surface area contributed by atoms with Gasteiger partial charge in [-0.3, -0.25) is 9.78 Å². The first-order valence-electron chi connectivity index (χ1n) is 19.9. The highest BCUT2D eigenvalue weighted by Crippen LogP contribution is 2.43. The van der Waals surface area contributed by atoms with E-state index in [2.05, 4.69) is 11.1 Å². The molecular formula is C43H63N3O9. The molecule has 2 saturated heterocycles. The number of aryl methyl sites for hydroxylation is 1. The molecule has 3 aliphatic heterocycles. The average Bonchev–Trinajstić information content (AvgIpc) is 3.41. The highest BCUT2D eigenvalue weighted by molar-refractivity contribution is 5.88. The molecule has 0 aliphatic carbocycles. The predicted octanol–water partition coefficient (Wildman–Crippen LogP) is 6.11. The molecule has 2 aromatic rings. The molecule has 1 aromatic heterocycles. The van der Waals surface area contributed by atoms with Gasteiger partial charge in [0.1, 0.15) is 18.0 Å². The molecule has 12 atom stereocenters. The smallest absolute Gasteiger partial charge is 0.410 e. The number of likely N-dealkylation sites (N-methyl/N-ethyl adjacent to an activating group) is 1. The second-order valence-electron chi connectivity index (χ2n) is 16.8. The lowest BCUT2D eigenvalue weighted by Crippen LogP contribution is -2.59. The monoisotopic (exact) mass is 765 g/mol. The molecule has 1 aromatic carbocycles. The van der Waals surface area contributed by atoms with Gasteiger partial charge in [-0.15, -0.1) is 0 Å². The number of ketones is 1. The molecule has 12 nitrogen and oxygen atoms in total. The zero-order valence-corrected chi connectivity index (χ0v) is 34.6. The number of benzene rings is 1. The molecule has 304 valence electrons. The summed E-state index contributed by atoms with van der Waals surface area (Å²) in [4.78, 5) is 50.6. The lowest BCUT2D eigenvalue weighted by molar-refractivity contribution is -0.294. The fourth-order valence-electron chi connectivity index (χ4n) is 9.32. The molecular weight excluding hydrogens is 702 g/mol. The molecule has 0 bridgehead atoms. The Hall–Kier alpha value is -3.42. The van der Waals surface area contributed by atoms with Crippen LogP contribution < -0.4 is 0 Å². The van der Waals surface area contributed by atoms with E-state index >= 15 is 0 Å². The lowest BCUT2D eigenvalue weighted by Gasteiger charge is -2.47. The minimum Gasteiger partial charge on any atom is -0.455 e. The van der Waals surface area contributed by atoms with Crippen molar-refractivity contribution >= 4 is 28.7 Å². The Labute approximate surface area is 326 Å². The van der Waals surface area contributed by atoms with Gasteiger partial charge in [-0.2, -0.15) is 0 Å². The maximum absolute atomic E-state index is 14.7. The van der Waals surface area contributed by atoms with Gasteiger partial charge in [-0.1, -0.05) is 52.0 Å². The lowest BCUT2D eigenvalue weighted by atomic mass is 9.74. The molecule has 0 radical (unpaired) electrons. The quantitative estimate of drug-likeness (QED) is 0.296. The zero-order chi connectivity index (χ0) is 40.4. The van der Waals surface area contributed by atoms with Crippen molar-refractivity contribution in [2.24, 2.45) is 17.8 Å². The number of amides is 1. The summed E-state index contributed by atoms with van der Waals surface area (Å²) in [6.07, 6.45) is 1.95. The van der Waals surface area contributed by atoms with Crippen molar-refractivity contribution in [2.75, 3.05) is 27.7 Å². The largest absolute Gasteiger partial charge is 0.455 e. The molecule has 0 spiro atoms. The third kappa shape index (κ3) is 8.94. The van der Waals surface area contributed by atoms with Gasteiger partial charge in [0.25, 0.3) is 0 Å². The topological polar surface area (TPSA) is 137 Å². The summed E-state index contributed by atoms with van der Waals surface area (Å²) in [6, 6.07) is 9.13. The van der Waals surface area contributed by atoms with Gasteiger partial charge in [0.05, 0.1) is 29.4 Å². The van der Waals surface area contributed by atoms with E-state index in [0.29, 0.717) is 37.8 Å². The predicted molar refractivity (Wildman–Crippen MR) is 209 cm³/mol. The van der Waals surface area contributed by atoms with E-state index in [9.17, 15) is 19.5 Å². The zero-order valence-electron chi connectivity index (χ0n) is 34.6. The second-order valence-corrected chi connectivity index (χ2v) is 16.8. The number of pyridine rings is 1. The molecule has 0 unspecified atom stereocenters. The maximum atomic E-state index is 14.7. The summed E-state index contributed by atoms with van der Waals surface area (Å²) in [5, 5.41) is 12.5. The number of methoxy groups -OCH3 is 1. The van der Waals surface area contributed by atoms with Crippen LogP contribution in [0.3, 0.4) is 0 Å². The van der Waals surface area contributed by atoms with Crippen molar-refractivity contribution in [1.82, 2.24) is 14.8 Å². The Balaban J connectivity index is 1.48. The minimum atomic E-state index is -1.30. The Morgan fingerprint density at radius 2 is 1.80 bits per heavy atom. The van der Waals surface area contributed by atoms with E-state index < -0.39 is 71.7 Å². The van der Waals surface area contributed by atoms with Crippen LogP contribution >= 0.6 is 0 Å². The van der Waals surface area contributed by atoms with Gasteiger partial charge >= 0.3 is 12.1 Å². The maximum Gasteiger partial charge on any atom is 0.410 e. The van der Waals surface area contributed by atoms with E-state index in [4.69, 9.17) is 23.7 Å². The van der Waals surface area contributed by atoms with Crippen LogP contribution in [0.2, 0.25) is 0 Å². The molecule has 12 heteroatoms. The number of aromatic nitrogens is 1. The number of hydrogen-bond acceptors (Lipinski definition) is 11. The summed E-state index contributed by atoms with van der Waals surface area (Å²) >= 11 is 0. The summed E-state index contributed by atoms with van der Waals surface area (Å²) < 4.78 is 31.6. The number of rotatable bonds is 9. The molecule has 3 aliphatic rings. The average molecular weight is 766 g/mol. The summed E-state index contributed by atoms with van der Waals surface area (Å²) in [6.45, 7) is 15.2. The van der Waals surface area contributed by atoms with Crippen molar-refractivity contribution in [3.63, 3.8) is 0 Å². The van der Waals surface area contributed by atoms with Crippen molar-refractivity contribution in [3.05, 3.63) is 53.7 Å². The van der Waals surface area contributed by atoms with Gasteiger partial charge < -0.3 is 38.6 Å². The fourth-order valence-corrected chi connectivity index (χ4v) is 9.32. The van der Waals surface area contributed by atoms with E-state index in [1.165, 1.54) is 0 Å². The first kappa shape index (κ1) is 42.7. The SMILES string of the molecule is CC[C@H]1OC(=O)/C(C)=C/[C@H](C)[C@@H](O[C@@H]2O[C@H](C)C[C@H](N(C)C)[C@H]2O)[C@](C)(OC)C[C@@H](C)C(=O)[C@H](C)[C@H]2N(CCCc3cnc4ccccc4c3)C(=O)O[C@]12C. The number of esters is 1. The number of nitrogens with zero attached hydrogens (tertiary/aromatic N) is 3. The minimum absolute atomic E-state index is 0.0758. The first-order valence-corrected chi connectivity index (χ1v) is 19.9. The molecule has 1 N–H and O–H groups in total. The van der Waals surface area contributed by atoms with Gasteiger partial charge in [0.15, 0.2) is 11.9 Å². The summed E-state index contributed by atoms with van der Waals surface area (Å²) in [7, 11) is 5.42. The van der Waals surface area contributed by atoms with Crippen LogP contribution in [0.15, 0.2) is 48.2 Å². The second kappa shape index (κ2) is 17.4. The number of fused-ring (bicyclic) bond motifs is 2. The molecule has 1 amide bonds. The van der Waals surface area contributed by atoms with Crippen LogP contribution in [0.25, 0.3) is 10.9 Å². The summed E-state index contributed by atoms with van der Waals surface area (Å²) in [5.74, 6) is -2.30. The standard InChI is InChI=1S/C43H63N3O9/c1-12-34-43(8)37(46(41(50)55-43)19-15-16-30-22-31-17-13-14-18-32(31)44-24-30)29(6)35(47)27(4)23-42(7,51-11)38(25(2)20-26(3)39(49)53-34)54-40-36(48)33(45(9)10)21-28(5)52-40/h13-14,17-18,20,22,24-25,27-29,33-34,36-38,40,48H,12,15-16,19,21,23H2,1-11H3/b26-20+/t25-,27+,28+,29-,33-,34+,36+,37+,38+,40-,42+,43+/m0/s1. The molecule has 4 heterocycles. The van der Waals surface area contributed by atoms with Crippen LogP contribution in [0, 0.1) is 17.8 Å². The first-order chi connectivity index (χ1) is 25.9. The van der Waals surface area contributed by atoms with E-state index in [-0.39, 0.29) is 24.3 Å². The number of carbonyl (C=O) groups excluding carboxylic acids is 3. The molecule has 55 heavy (non-hydrogen) atoms. The Bertz CT molecular complexity index is 1720. The Kier molecular flexibility index (Phi) is 13.5. The fraction of sp³-hybridized carbons (Fsp3) is 0.674. The van der Waals surface area contributed by atoms with Crippen molar-refractivity contribution in [3.8, 4) is 0 Å². The Morgan fingerprint density at radius 3 is 2.47 bits per heavy atom. The van der Waals surface area contributed by atoms with E-state index in [1.807, 2.05) is 91.0 Å². The number of para-hydroxylation sites is 1. The molecule has 0 saturated carbocycles. The van der Waals surface area contributed by atoms with Crippen LogP contribution in [-0.2, 0) is 39.7 Å². The van der Waals surface area contributed by atoms with Crippen molar-refractivity contribution < 1.29 is 43.2 Å². The highest BCUT2D eigenvalue weighted by atomic mass is 16.7. The third-order valence-corrected chi connectivity index (χ3v) is 12.3. The van der Waals surface area contributed by atoms with Crippen LogP contribution in [0.5, 0.6) is 0 Å². The number of aliphatic hydroxyl groups is 1. The number of cyclic esters (lactones) is 1. The van der Waals surface area contributed by atoms with Crippen LogP contribution in [0.4, 0.5) is 4.79 Å². The van der Waals surface area contributed by atoms with E-state index in [1.54, 1.807) is 31.9 Å².